The summed E-state index contributed by atoms with van der Waals surface area (Å²) in [4.78, 5) is 8.80. The molecule has 2 rings (SSSR count). The third-order valence-corrected chi connectivity index (χ3v) is 3.49. The number of nitrogen functional groups attached to an aromatic ring is 1. The number of hydrogen-bond acceptors (Lipinski definition) is 4. The highest BCUT2D eigenvalue weighted by Gasteiger charge is 2.11. The zero-order valence-corrected chi connectivity index (χ0v) is 12.1. The maximum absolute atomic E-state index is 5.87. The molecular formula is C12H16BrN5. The molecule has 0 aromatic carbocycles. The Labute approximate surface area is 115 Å². The minimum Gasteiger partial charge on any atom is -0.383 e. The first-order valence-electron chi connectivity index (χ1n) is 6.00. The Morgan fingerprint density at radius 2 is 2.11 bits per heavy atom. The van der Waals surface area contributed by atoms with E-state index in [4.69, 9.17) is 5.73 Å². The van der Waals surface area contributed by atoms with E-state index in [0.717, 1.165) is 35.1 Å². The zero-order valence-electron chi connectivity index (χ0n) is 10.5. The third kappa shape index (κ3) is 2.53. The number of nitrogens with two attached hydrogens (primary N) is 1. The Bertz CT molecular complexity index is 549. The first kappa shape index (κ1) is 13.0. The minimum absolute atomic E-state index is 0.472. The molecule has 0 amide bonds. The maximum atomic E-state index is 5.87. The van der Waals surface area contributed by atoms with Gasteiger partial charge in [-0.25, -0.2) is 9.97 Å². The fraction of sp³-hybridized carbons (Fsp3) is 0.417. The molecule has 6 heteroatoms. The fourth-order valence-corrected chi connectivity index (χ4v) is 2.16. The SMILES string of the molecule is CCCn1cc(-c2nc(N)c(Br)c(CC)n2)cn1. The summed E-state index contributed by atoms with van der Waals surface area (Å²) < 4.78 is 2.68. The highest BCUT2D eigenvalue weighted by Crippen LogP contribution is 2.25. The van der Waals surface area contributed by atoms with Crippen molar-refractivity contribution in [2.24, 2.45) is 0 Å². The van der Waals surface area contributed by atoms with E-state index in [1.807, 2.05) is 17.8 Å². The first-order valence-corrected chi connectivity index (χ1v) is 6.79. The summed E-state index contributed by atoms with van der Waals surface area (Å²) >= 11 is 3.41. The van der Waals surface area contributed by atoms with E-state index in [0.29, 0.717) is 11.6 Å². The molecule has 0 fully saturated rings. The molecule has 0 atom stereocenters. The van der Waals surface area contributed by atoms with Crippen LogP contribution < -0.4 is 5.73 Å². The Morgan fingerprint density at radius 1 is 1.33 bits per heavy atom. The summed E-state index contributed by atoms with van der Waals surface area (Å²) in [5.74, 6) is 1.11. The van der Waals surface area contributed by atoms with Crippen LogP contribution in [0.4, 0.5) is 5.82 Å². The largest absolute Gasteiger partial charge is 0.383 e. The van der Waals surface area contributed by atoms with Gasteiger partial charge in [-0.05, 0) is 28.8 Å². The van der Waals surface area contributed by atoms with Crippen LogP contribution in [0.3, 0.4) is 0 Å². The van der Waals surface area contributed by atoms with Gasteiger partial charge in [-0.3, -0.25) is 4.68 Å². The van der Waals surface area contributed by atoms with Crippen molar-refractivity contribution in [2.45, 2.75) is 33.2 Å². The molecule has 5 nitrogen and oxygen atoms in total. The van der Waals surface area contributed by atoms with Gasteiger partial charge in [0.1, 0.15) is 5.82 Å². The van der Waals surface area contributed by atoms with Gasteiger partial charge in [0.2, 0.25) is 0 Å². The molecular weight excluding hydrogens is 294 g/mol. The molecule has 0 unspecified atom stereocenters. The van der Waals surface area contributed by atoms with Gasteiger partial charge in [0, 0.05) is 12.7 Å². The van der Waals surface area contributed by atoms with Crippen molar-refractivity contribution in [3.8, 4) is 11.4 Å². The summed E-state index contributed by atoms with van der Waals surface area (Å²) in [6.07, 6.45) is 5.58. The van der Waals surface area contributed by atoms with Crippen LogP contribution in [0.25, 0.3) is 11.4 Å². The predicted octanol–water partition coefficient (Wildman–Crippen LogP) is 2.66. The molecule has 18 heavy (non-hydrogen) atoms. The Morgan fingerprint density at radius 3 is 2.78 bits per heavy atom. The van der Waals surface area contributed by atoms with Gasteiger partial charge in [-0.1, -0.05) is 13.8 Å². The monoisotopic (exact) mass is 309 g/mol. The van der Waals surface area contributed by atoms with Crippen molar-refractivity contribution in [1.82, 2.24) is 19.7 Å². The molecule has 0 spiro atoms. The summed E-state index contributed by atoms with van der Waals surface area (Å²) in [5.41, 5.74) is 7.69. The summed E-state index contributed by atoms with van der Waals surface area (Å²) in [5, 5.41) is 4.27. The van der Waals surface area contributed by atoms with Gasteiger partial charge >= 0.3 is 0 Å². The normalized spacial score (nSPS) is 10.8. The topological polar surface area (TPSA) is 69.6 Å². The average molecular weight is 310 g/mol. The second kappa shape index (κ2) is 5.48. The van der Waals surface area contributed by atoms with Gasteiger partial charge in [0.05, 0.1) is 21.9 Å². The average Bonchev–Trinajstić information content (AvgIpc) is 2.81. The molecule has 2 aromatic heterocycles. The summed E-state index contributed by atoms with van der Waals surface area (Å²) in [6.45, 7) is 5.05. The van der Waals surface area contributed by atoms with E-state index in [1.165, 1.54) is 0 Å². The smallest absolute Gasteiger partial charge is 0.165 e. The molecule has 0 saturated carbocycles. The lowest BCUT2D eigenvalue weighted by Crippen LogP contribution is -2.02. The van der Waals surface area contributed by atoms with Crippen LogP contribution in [-0.4, -0.2) is 19.7 Å². The Hall–Kier alpha value is -1.43. The molecule has 2 aromatic rings. The zero-order chi connectivity index (χ0) is 13.1. The highest BCUT2D eigenvalue weighted by molar-refractivity contribution is 9.10. The van der Waals surface area contributed by atoms with Crippen LogP contribution in [0.1, 0.15) is 26.0 Å². The van der Waals surface area contributed by atoms with Crippen molar-refractivity contribution < 1.29 is 0 Å². The first-order chi connectivity index (χ1) is 8.65. The highest BCUT2D eigenvalue weighted by atomic mass is 79.9. The van der Waals surface area contributed by atoms with E-state index >= 15 is 0 Å². The van der Waals surface area contributed by atoms with Crippen LogP contribution in [0.5, 0.6) is 0 Å². The lowest BCUT2D eigenvalue weighted by Gasteiger charge is -2.05. The lowest BCUT2D eigenvalue weighted by atomic mass is 10.2. The van der Waals surface area contributed by atoms with Crippen LogP contribution in [-0.2, 0) is 13.0 Å². The van der Waals surface area contributed by atoms with Crippen LogP contribution in [0.15, 0.2) is 16.9 Å². The lowest BCUT2D eigenvalue weighted by molar-refractivity contribution is 0.603. The molecule has 0 saturated heterocycles. The molecule has 2 heterocycles. The van der Waals surface area contributed by atoms with Gasteiger partial charge in [-0.2, -0.15) is 5.10 Å². The van der Waals surface area contributed by atoms with Gasteiger partial charge in [-0.15, -0.1) is 0 Å². The van der Waals surface area contributed by atoms with Crippen molar-refractivity contribution >= 4 is 21.7 Å². The number of aryl methyl sites for hydroxylation is 2. The number of rotatable bonds is 4. The second-order valence-corrected chi connectivity index (χ2v) is 4.83. The number of anilines is 1. The number of nitrogens with zero attached hydrogens (tertiary/aromatic N) is 4. The van der Waals surface area contributed by atoms with E-state index in [1.54, 1.807) is 6.20 Å². The second-order valence-electron chi connectivity index (χ2n) is 4.04. The van der Waals surface area contributed by atoms with Gasteiger partial charge < -0.3 is 5.73 Å². The molecule has 0 aliphatic heterocycles. The van der Waals surface area contributed by atoms with Crippen LogP contribution in [0.2, 0.25) is 0 Å². The van der Waals surface area contributed by atoms with E-state index < -0.39 is 0 Å². The molecule has 0 aliphatic rings. The van der Waals surface area contributed by atoms with Crippen molar-refractivity contribution in [2.75, 3.05) is 5.73 Å². The molecule has 96 valence electrons. The molecule has 2 N–H and O–H groups in total. The quantitative estimate of drug-likeness (QED) is 0.942. The predicted molar refractivity (Wildman–Crippen MR) is 75.0 cm³/mol. The Balaban J connectivity index is 2.40. The third-order valence-electron chi connectivity index (χ3n) is 2.62. The standard InChI is InChI=1S/C12H16BrN5/c1-3-5-18-7-8(6-15-18)12-16-9(4-2)10(13)11(14)17-12/h6-7H,3-5H2,1-2H3,(H2,14,16,17). The van der Waals surface area contributed by atoms with Gasteiger partial charge in [0.15, 0.2) is 5.82 Å². The van der Waals surface area contributed by atoms with Crippen LogP contribution >= 0.6 is 15.9 Å². The summed E-state index contributed by atoms with van der Waals surface area (Å²) in [7, 11) is 0. The Kier molecular flexibility index (Phi) is 3.96. The van der Waals surface area contributed by atoms with Crippen molar-refractivity contribution in [3.63, 3.8) is 0 Å². The fourth-order valence-electron chi connectivity index (χ4n) is 1.71. The van der Waals surface area contributed by atoms with E-state index in [9.17, 15) is 0 Å². The molecule has 0 bridgehead atoms. The van der Waals surface area contributed by atoms with Crippen molar-refractivity contribution in [1.29, 1.82) is 0 Å². The minimum atomic E-state index is 0.472. The number of hydrogen-bond donors (Lipinski definition) is 1. The molecule has 0 aliphatic carbocycles. The summed E-state index contributed by atoms with van der Waals surface area (Å²) in [6, 6.07) is 0. The van der Waals surface area contributed by atoms with Crippen molar-refractivity contribution in [3.05, 3.63) is 22.6 Å². The number of halogens is 1. The van der Waals surface area contributed by atoms with Crippen LogP contribution in [0, 0.1) is 0 Å². The number of aromatic nitrogens is 4. The molecule has 0 radical (unpaired) electrons. The van der Waals surface area contributed by atoms with E-state index in [-0.39, 0.29) is 0 Å². The van der Waals surface area contributed by atoms with E-state index in [2.05, 4.69) is 37.9 Å². The maximum Gasteiger partial charge on any atom is 0.165 e. The van der Waals surface area contributed by atoms with Gasteiger partial charge in [0.25, 0.3) is 0 Å².